The molecule has 0 bridgehead atoms. The fourth-order valence-electron chi connectivity index (χ4n) is 1.38. The van der Waals surface area contributed by atoms with Crippen molar-refractivity contribution in [2.45, 2.75) is 33.2 Å². The molecule has 0 aromatic rings. The van der Waals surface area contributed by atoms with Crippen molar-refractivity contribution < 1.29 is 0 Å². The molecule has 1 unspecified atom stereocenters. The molecule has 4 N–H and O–H groups in total. The number of allylic oxidation sites excluding steroid dienone is 1. The first-order valence-corrected chi connectivity index (χ1v) is 4.23. The molecule has 0 amide bonds. The molecule has 68 valence electrons. The molecule has 0 saturated heterocycles. The molecule has 2 nitrogen and oxygen atoms in total. The standard InChI is InChI=1S/C10H18N2/c1-7-5-10(4,12)9(2,3)6-8(7)11/h5-6H,11-12H2,1-4H3. The minimum absolute atomic E-state index is 0.0589. The van der Waals surface area contributed by atoms with Gasteiger partial charge in [0.05, 0.1) is 0 Å². The first kappa shape index (κ1) is 9.33. The maximum Gasteiger partial charge on any atom is 0.0404 e. The molecule has 0 radical (unpaired) electrons. The SMILES string of the molecule is CC1=CC(C)(N)C(C)(C)C=C1N. The summed E-state index contributed by atoms with van der Waals surface area (Å²) in [6.07, 6.45) is 4.09. The van der Waals surface area contributed by atoms with E-state index >= 15 is 0 Å². The number of nitrogens with two attached hydrogens (primary N) is 2. The third kappa shape index (κ3) is 1.27. The zero-order valence-corrected chi connectivity index (χ0v) is 8.31. The van der Waals surface area contributed by atoms with Crippen molar-refractivity contribution in [3.63, 3.8) is 0 Å². The van der Waals surface area contributed by atoms with Crippen LogP contribution in [0, 0.1) is 5.41 Å². The van der Waals surface area contributed by atoms with Crippen LogP contribution >= 0.6 is 0 Å². The van der Waals surface area contributed by atoms with E-state index < -0.39 is 0 Å². The van der Waals surface area contributed by atoms with E-state index in [4.69, 9.17) is 11.5 Å². The van der Waals surface area contributed by atoms with Crippen molar-refractivity contribution in [3.8, 4) is 0 Å². The topological polar surface area (TPSA) is 52.0 Å². The zero-order valence-electron chi connectivity index (χ0n) is 8.31. The third-order valence-corrected chi connectivity index (χ3v) is 2.88. The van der Waals surface area contributed by atoms with Crippen LogP contribution in [-0.2, 0) is 0 Å². The molecule has 0 fully saturated rings. The predicted molar refractivity (Wildman–Crippen MR) is 52.4 cm³/mol. The van der Waals surface area contributed by atoms with Gasteiger partial charge in [0, 0.05) is 16.7 Å². The van der Waals surface area contributed by atoms with E-state index in [2.05, 4.69) is 13.8 Å². The molecule has 1 atom stereocenters. The Bertz CT molecular complexity index is 229. The second-order valence-electron chi connectivity index (χ2n) is 4.43. The highest BCUT2D eigenvalue weighted by Crippen LogP contribution is 2.37. The van der Waals surface area contributed by atoms with E-state index in [1.165, 1.54) is 0 Å². The number of hydrogen-bond acceptors (Lipinski definition) is 2. The van der Waals surface area contributed by atoms with Gasteiger partial charge in [-0.25, -0.2) is 0 Å². The number of rotatable bonds is 0. The van der Waals surface area contributed by atoms with E-state index in [-0.39, 0.29) is 11.0 Å². The highest BCUT2D eigenvalue weighted by Gasteiger charge is 2.36. The van der Waals surface area contributed by atoms with E-state index in [1.54, 1.807) is 0 Å². The highest BCUT2D eigenvalue weighted by molar-refractivity contribution is 5.38. The summed E-state index contributed by atoms with van der Waals surface area (Å²) < 4.78 is 0. The summed E-state index contributed by atoms with van der Waals surface area (Å²) in [5, 5.41) is 0. The molecule has 2 heteroatoms. The van der Waals surface area contributed by atoms with E-state index in [1.807, 2.05) is 26.0 Å². The van der Waals surface area contributed by atoms with Crippen molar-refractivity contribution in [1.29, 1.82) is 0 Å². The normalized spacial score (nSPS) is 34.1. The zero-order chi connectivity index (χ0) is 9.57. The second-order valence-corrected chi connectivity index (χ2v) is 4.43. The van der Waals surface area contributed by atoms with Crippen molar-refractivity contribution in [2.75, 3.05) is 0 Å². The van der Waals surface area contributed by atoms with Crippen molar-refractivity contribution in [3.05, 3.63) is 23.4 Å². The molecular weight excluding hydrogens is 148 g/mol. The maximum absolute atomic E-state index is 6.13. The van der Waals surface area contributed by atoms with Crippen LogP contribution < -0.4 is 11.5 Å². The summed E-state index contributed by atoms with van der Waals surface area (Å²) in [6.45, 7) is 8.22. The van der Waals surface area contributed by atoms with Gasteiger partial charge in [0.25, 0.3) is 0 Å². The van der Waals surface area contributed by atoms with Crippen LogP contribution in [-0.4, -0.2) is 5.54 Å². The Labute approximate surface area is 74.3 Å². The largest absolute Gasteiger partial charge is 0.399 e. The van der Waals surface area contributed by atoms with Gasteiger partial charge in [-0.05, 0) is 19.4 Å². The van der Waals surface area contributed by atoms with Crippen LogP contribution in [0.2, 0.25) is 0 Å². The molecule has 0 heterocycles. The Kier molecular flexibility index (Phi) is 1.84. The summed E-state index contributed by atoms with van der Waals surface area (Å²) in [7, 11) is 0. The minimum atomic E-state index is -0.292. The smallest absolute Gasteiger partial charge is 0.0404 e. The van der Waals surface area contributed by atoms with Gasteiger partial charge in [-0.2, -0.15) is 0 Å². The minimum Gasteiger partial charge on any atom is -0.399 e. The Balaban J connectivity index is 3.15. The van der Waals surface area contributed by atoms with Gasteiger partial charge in [-0.1, -0.05) is 26.0 Å². The molecule has 1 aliphatic carbocycles. The average Bonchev–Trinajstić information content (AvgIpc) is 1.82. The Morgan fingerprint density at radius 2 is 1.67 bits per heavy atom. The van der Waals surface area contributed by atoms with Gasteiger partial charge >= 0.3 is 0 Å². The van der Waals surface area contributed by atoms with E-state index in [0.29, 0.717) is 0 Å². The van der Waals surface area contributed by atoms with E-state index in [9.17, 15) is 0 Å². The second kappa shape index (κ2) is 2.36. The summed E-state index contributed by atoms with van der Waals surface area (Å²) in [5.41, 5.74) is 13.5. The summed E-state index contributed by atoms with van der Waals surface area (Å²) >= 11 is 0. The van der Waals surface area contributed by atoms with E-state index in [0.717, 1.165) is 11.3 Å². The average molecular weight is 166 g/mol. The van der Waals surface area contributed by atoms with Crippen LogP contribution in [0.5, 0.6) is 0 Å². The van der Waals surface area contributed by atoms with Crippen molar-refractivity contribution in [2.24, 2.45) is 16.9 Å². The van der Waals surface area contributed by atoms with Gasteiger partial charge in [-0.3, -0.25) is 0 Å². The monoisotopic (exact) mass is 166 g/mol. The summed E-state index contributed by atoms with van der Waals surface area (Å²) in [6, 6.07) is 0. The molecular formula is C10H18N2. The lowest BCUT2D eigenvalue weighted by Gasteiger charge is -2.40. The van der Waals surface area contributed by atoms with Gasteiger partial charge in [-0.15, -0.1) is 0 Å². The third-order valence-electron chi connectivity index (χ3n) is 2.88. The first-order valence-electron chi connectivity index (χ1n) is 4.23. The van der Waals surface area contributed by atoms with Gasteiger partial charge in [0.1, 0.15) is 0 Å². The molecule has 0 aliphatic heterocycles. The van der Waals surface area contributed by atoms with Gasteiger partial charge in [0.2, 0.25) is 0 Å². The fourth-order valence-corrected chi connectivity index (χ4v) is 1.38. The molecule has 0 spiro atoms. The maximum atomic E-state index is 6.13. The van der Waals surface area contributed by atoms with Gasteiger partial charge in [0.15, 0.2) is 0 Å². The lowest BCUT2D eigenvalue weighted by atomic mass is 9.69. The lowest BCUT2D eigenvalue weighted by Crippen LogP contribution is -2.49. The fraction of sp³-hybridized carbons (Fsp3) is 0.600. The van der Waals surface area contributed by atoms with Crippen molar-refractivity contribution >= 4 is 0 Å². The Morgan fingerprint density at radius 1 is 1.17 bits per heavy atom. The van der Waals surface area contributed by atoms with Crippen LogP contribution in [0.3, 0.4) is 0 Å². The van der Waals surface area contributed by atoms with Crippen LogP contribution in [0.1, 0.15) is 27.7 Å². The van der Waals surface area contributed by atoms with Crippen molar-refractivity contribution in [1.82, 2.24) is 0 Å². The van der Waals surface area contributed by atoms with Gasteiger partial charge < -0.3 is 11.5 Å². The molecule has 0 aromatic carbocycles. The quantitative estimate of drug-likeness (QED) is 0.573. The molecule has 1 rings (SSSR count). The van der Waals surface area contributed by atoms with Crippen LogP contribution in [0.25, 0.3) is 0 Å². The molecule has 0 aromatic heterocycles. The molecule has 1 aliphatic rings. The lowest BCUT2D eigenvalue weighted by molar-refractivity contribution is 0.299. The molecule has 0 saturated carbocycles. The number of hydrogen-bond donors (Lipinski definition) is 2. The summed E-state index contributed by atoms with van der Waals surface area (Å²) in [5.74, 6) is 0. The highest BCUT2D eigenvalue weighted by atomic mass is 14.8. The Hall–Kier alpha value is -0.760. The molecule has 12 heavy (non-hydrogen) atoms. The Morgan fingerprint density at radius 3 is 2.08 bits per heavy atom. The predicted octanol–water partition coefficient (Wildman–Crippen LogP) is 1.53. The summed E-state index contributed by atoms with van der Waals surface area (Å²) in [4.78, 5) is 0. The first-order chi connectivity index (χ1) is 5.26. The van der Waals surface area contributed by atoms with Crippen LogP contribution in [0.4, 0.5) is 0 Å². The van der Waals surface area contributed by atoms with Crippen LogP contribution in [0.15, 0.2) is 23.4 Å².